The van der Waals surface area contributed by atoms with Gasteiger partial charge in [0.25, 0.3) is 0 Å². The predicted octanol–water partition coefficient (Wildman–Crippen LogP) is 4.18. The van der Waals surface area contributed by atoms with E-state index in [9.17, 15) is 0 Å². The number of methoxy groups -OCH3 is 1. The molecule has 1 heterocycles. The third-order valence-electron chi connectivity index (χ3n) is 2.95. The molecule has 2 rings (SSSR count). The number of rotatable bonds is 3. The maximum Gasteiger partial charge on any atom is 0.133 e. The number of aryl methyl sites for hydroxylation is 2. The van der Waals surface area contributed by atoms with Gasteiger partial charge < -0.3 is 10.5 Å². The number of thiophene rings is 1. The Kier molecular flexibility index (Phi) is 4.10. The minimum Gasteiger partial charge on any atom is -0.496 e. The lowest BCUT2D eigenvalue weighted by atomic mass is 10.00. The van der Waals surface area contributed by atoms with Crippen molar-refractivity contribution in [2.45, 2.75) is 19.9 Å². The second kappa shape index (κ2) is 5.43. The summed E-state index contributed by atoms with van der Waals surface area (Å²) >= 11 is 5.28. The minimum absolute atomic E-state index is 0.0860. The lowest BCUT2D eigenvalue weighted by molar-refractivity contribution is 0.412. The largest absolute Gasteiger partial charge is 0.496 e. The van der Waals surface area contributed by atoms with E-state index >= 15 is 0 Å². The molecule has 0 radical (unpaired) electrons. The van der Waals surface area contributed by atoms with Gasteiger partial charge in [0.2, 0.25) is 0 Å². The molecule has 2 N–H and O–H groups in total. The molecule has 18 heavy (non-hydrogen) atoms. The first-order chi connectivity index (χ1) is 8.52. The van der Waals surface area contributed by atoms with Crippen molar-refractivity contribution in [3.05, 3.63) is 49.6 Å². The number of hydrogen-bond donors (Lipinski definition) is 1. The molecule has 0 amide bonds. The van der Waals surface area contributed by atoms with E-state index in [4.69, 9.17) is 10.5 Å². The smallest absolute Gasteiger partial charge is 0.133 e. The monoisotopic (exact) mass is 325 g/mol. The highest BCUT2D eigenvalue weighted by atomic mass is 79.9. The van der Waals surface area contributed by atoms with E-state index in [2.05, 4.69) is 35.8 Å². The predicted molar refractivity (Wildman–Crippen MR) is 80.5 cm³/mol. The van der Waals surface area contributed by atoms with E-state index in [0.717, 1.165) is 15.8 Å². The van der Waals surface area contributed by atoms with Crippen LogP contribution in [0.1, 0.15) is 26.9 Å². The van der Waals surface area contributed by atoms with E-state index in [1.54, 1.807) is 18.4 Å². The molecule has 0 fully saturated rings. The van der Waals surface area contributed by atoms with Crippen LogP contribution in [0.3, 0.4) is 0 Å². The van der Waals surface area contributed by atoms with Gasteiger partial charge in [0.15, 0.2) is 0 Å². The van der Waals surface area contributed by atoms with Crippen molar-refractivity contribution in [2.24, 2.45) is 5.73 Å². The maximum atomic E-state index is 6.34. The highest BCUT2D eigenvalue weighted by molar-refractivity contribution is 9.10. The van der Waals surface area contributed by atoms with Crippen LogP contribution in [0.25, 0.3) is 0 Å². The molecule has 0 spiro atoms. The van der Waals surface area contributed by atoms with Crippen LogP contribution in [0.4, 0.5) is 0 Å². The SMILES string of the molecule is COc1ccc(C(N)c2cc(C)sc2C)cc1Br. The van der Waals surface area contributed by atoms with Gasteiger partial charge in [0, 0.05) is 9.75 Å². The van der Waals surface area contributed by atoms with Crippen LogP contribution in [0.5, 0.6) is 5.75 Å². The van der Waals surface area contributed by atoms with E-state index in [0.29, 0.717) is 0 Å². The fraction of sp³-hybridized carbons (Fsp3) is 0.286. The molecular weight excluding hydrogens is 310 g/mol. The zero-order valence-corrected chi connectivity index (χ0v) is 13.1. The van der Waals surface area contributed by atoms with Crippen molar-refractivity contribution < 1.29 is 4.74 Å². The molecule has 0 aliphatic carbocycles. The number of nitrogens with two attached hydrogens (primary N) is 1. The summed E-state index contributed by atoms with van der Waals surface area (Å²) in [5.41, 5.74) is 8.63. The lowest BCUT2D eigenvalue weighted by Crippen LogP contribution is -2.12. The summed E-state index contributed by atoms with van der Waals surface area (Å²) in [7, 11) is 1.66. The molecule has 0 aliphatic rings. The van der Waals surface area contributed by atoms with E-state index in [1.165, 1.54) is 15.3 Å². The molecule has 2 aromatic rings. The van der Waals surface area contributed by atoms with Crippen LogP contribution in [0.15, 0.2) is 28.7 Å². The summed E-state index contributed by atoms with van der Waals surface area (Å²) in [5.74, 6) is 0.823. The van der Waals surface area contributed by atoms with Crippen molar-refractivity contribution in [1.82, 2.24) is 0 Å². The Morgan fingerprint density at radius 3 is 2.50 bits per heavy atom. The van der Waals surface area contributed by atoms with Crippen LogP contribution in [-0.2, 0) is 0 Å². The highest BCUT2D eigenvalue weighted by Gasteiger charge is 2.15. The van der Waals surface area contributed by atoms with Crippen molar-refractivity contribution in [3.63, 3.8) is 0 Å². The number of hydrogen-bond acceptors (Lipinski definition) is 3. The topological polar surface area (TPSA) is 35.2 Å². The molecule has 1 atom stereocenters. The van der Waals surface area contributed by atoms with Gasteiger partial charge in [-0.2, -0.15) is 0 Å². The third kappa shape index (κ3) is 2.60. The second-order valence-electron chi connectivity index (χ2n) is 4.24. The fourth-order valence-electron chi connectivity index (χ4n) is 2.01. The Morgan fingerprint density at radius 1 is 1.28 bits per heavy atom. The van der Waals surface area contributed by atoms with E-state index in [1.807, 2.05) is 18.2 Å². The molecule has 0 saturated heterocycles. The van der Waals surface area contributed by atoms with Crippen LogP contribution in [0.2, 0.25) is 0 Å². The Bertz CT molecular complexity index is 565. The number of benzene rings is 1. The first-order valence-corrected chi connectivity index (χ1v) is 7.30. The number of halogens is 1. The standard InChI is InChI=1S/C14H16BrNOS/c1-8-6-11(9(2)18-8)14(16)10-4-5-13(17-3)12(15)7-10/h4-7,14H,16H2,1-3H3. The van der Waals surface area contributed by atoms with Crippen LogP contribution >= 0.6 is 27.3 Å². The average molecular weight is 326 g/mol. The van der Waals surface area contributed by atoms with Gasteiger partial charge in [0.05, 0.1) is 17.6 Å². The van der Waals surface area contributed by atoms with Gasteiger partial charge in [-0.05, 0) is 59.1 Å². The first kappa shape index (κ1) is 13.6. The minimum atomic E-state index is -0.0860. The van der Waals surface area contributed by atoms with Gasteiger partial charge in [0.1, 0.15) is 5.75 Å². The molecule has 0 aliphatic heterocycles. The summed E-state index contributed by atoms with van der Waals surface area (Å²) in [6.07, 6.45) is 0. The molecule has 1 aromatic carbocycles. The quantitative estimate of drug-likeness (QED) is 0.918. The summed E-state index contributed by atoms with van der Waals surface area (Å²) in [5, 5.41) is 0. The summed E-state index contributed by atoms with van der Waals surface area (Å²) in [4.78, 5) is 2.58. The Morgan fingerprint density at radius 2 is 2.00 bits per heavy atom. The fourth-order valence-corrected chi connectivity index (χ4v) is 3.55. The van der Waals surface area contributed by atoms with Crippen LogP contribution in [0, 0.1) is 13.8 Å². The van der Waals surface area contributed by atoms with Gasteiger partial charge in [-0.1, -0.05) is 6.07 Å². The zero-order chi connectivity index (χ0) is 13.3. The zero-order valence-electron chi connectivity index (χ0n) is 10.7. The summed E-state index contributed by atoms with van der Waals surface area (Å²) < 4.78 is 6.16. The Hall–Kier alpha value is -0.840. The molecule has 0 bridgehead atoms. The van der Waals surface area contributed by atoms with Crippen molar-refractivity contribution in [2.75, 3.05) is 7.11 Å². The first-order valence-electron chi connectivity index (χ1n) is 5.69. The Labute approximate surface area is 120 Å². The molecule has 4 heteroatoms. The van der Waals surface area contributed by atoms with Gasteiger partial charge in [-0.15, -0.1) is 11.3 Å². The molecule has 96 valence electrons. The van der Waals surface area contributed by atoms with Crippen LogP contribution in [-0.4, -0.2) is 7.11 Å². The normalized spacial score (nSPS) is 12.5. The van der Waals surface area contributed by atoms with Crippen molar-refractivity contribution in [1.29, 1.82) is 0 Å². The second-order valence-corrected chi connectivity index (χ2v) is 6.56. The molecule has 2 nitrogen and oxygen atoms in total. The van der Waals surface area contributed by atoms with E-state index in [-0.39, 0.29) is 6.04 Å². The summed E-state index contributed by atoms with van der Waals surface area (Å²) in [6, 6.07) is 8.06. The molecule has 1 unspecified atom stereocenters. The van der Waals surface area contributed by atoms with Gasteiger partial charge in [-0.3, -0.25) is 0 Å². The molecule has 1 aromatic heterocycles. The van der Waals surface area contributed by atoms with Gasteiger partial charge >= 0.3 is 0 Å². The average Bonchev–Trinajstić information content (AvgIpc) is 2.67. The van der Waals surface area contributed by atoms with Crippen molar-refractivity contribution >= 4 is 27.3 Å². The maximum absolute atomic E-state index is 6.34. The third-order valence-corrected chi connectivity index (χ3v) is 4.55. The highest BCUT2D eigenvalue weighted by Crippen LogP contribution is 2.32. The molecule has 0 saturated carbocycles. The van der Waals surface area contributed by atoms with E-state index < -0.39 is 0 Å². The number of ether oxygens (including phenoxy) is 1. The summed E-state index contributed by atoms with van der Waals surface area (Å²) in [6.45, 7) is 4.23. The Balaban J connectivity index is 2.37. The lowest BCUT2D eigenvalue weighted by Gasteiger charge is -2.13. The van der Waals surface area contributed by atoms with Gasteiger partial charge in [-0.25, -0.2) is 0 Å². The van der Waals surface area contributed by atoms with Crippen LogP contribution < -0.4 is 10.5 Å². The van der Waals surface area contributed by atoms with Crippen molar-refractivity contribution in [3.8, 4) is 5.75 Å². The molecular formula is C14H16BrNOS.